The van der Waals surface area contributed by atoms with Crippen LogP contribution in [0.1, 0.15) is 26.5 Å². The van der Waals surface area contributed by atoms with Crippen LogP contribution in [0.2, 0.25) is 0 Å². The third-order valence-corrected chi connectivity index (χ3v) is 7.99. The zero-order valence-corrected chi connectivity index (χ0v) is 22.1. The molecule has 3 heterocycles. The minimum Gasteiger partial charge on any atom is -0.394 e. The molecule has 1 amide bonds. The van der Waals surface area contributed by atoms with E-state index in [1.165, 1.54) is 34.3 Å². The van der Waals surface area contributed by atoms with Gasteiger partial charge in [0.2, 0.25) is 5.95 Å². The molecular weight excluding hydrogens is 539 g/mol. The number of halogens is 3. The second-order valence-electron chi connectivity index (χ2n) is 8.93. The number of rotatable bonds is 11. The second kappa shape index (κ2) is 12.0. The molecule has 3 N–H and O–H groups in total. The van der Waals surface area contributed by atoms with E-state index in [-0.39, 0.29) is 36.2 Å². The summed E-state index contributed by atoms with van der Waals surface area (Å²) in [5.74, 6) is -1.73. The minimum absolute atomic E-state index is 0.0971. The molecule has 3 rings (SSSR count). The molecule has 3 atom stereocenters. The van der Waals surface area contributed by atoms with Crippen LogP contribution in [0, 0.1) is 0 Å². The Morgan fingerprint density at radius 1 is 1.46 bits per heavy atom. The van der Waals surface area contributed by atoms with Crippen LogP contribution in [0.5, 0.6) is 0 Å². The standard InChI is InChI=1S/C20H28F3N7O5S2/c1-19(2,7-24-17(33)20(21,22)23)37-36-10-34-11-5-13(35-12(11)6-31)30-9-25-14-15(30)27-18(28-16(14)32)26-8-29(3)4/h8-9,11-13,31H,5-7,10H2,1-4H3,(H,24,33)(H,27,28,32)/t11-,12-,13-/m1/s1. The van der Waals surface area contributed by atoms with E-state index < -0.39 is 40.8 Å². The largest absolute Gasteiger partial charge is 0.471 e. The fourth-order valence-electron chi connectivity index (χ4n) is 3.29. The van der Waals surface area contributed by atoms with Gasteiger partial charge in [-0.25, -0.2) is 9.98 Å². The lowest BCUT2D eigenvalue weighted by Gasteiger charge is -2.24. The number of ether oxygens (including phenoxy) is 2. The number of nitrogens with one attached hydrogen (secondary N) is 2. The topological polar surface area (TPSA) is 147 Å². The molecule has 206 valence electrons. The first-order valence-electron chi connectivity index (χ1n) is 11.0. The number of imidazole rings is 1. The van der Waals surface area contributed by atoms with Crippen LogP contribution in [0.15, 0.2) is 16.1 Å². The van der Waals surface area contributed by atoms with Gasteiger partial charge in [0.1, 0.15) is 18.3 Å². The van der Waals surface area contributed by atoms with E-state index in [9.17, 15) is 27.9 Å². The van der Waals surface area contributed by atoms with Crippen LogP contribution in [-0.2, 0) is 14.3 Å². The van der Waals surface area contributed by atoms with Crippen molar-refractivity contribution in [3.05, 3.63) is 16.7 Å². The fraction of sp³-hybridized carbons (Fsp3) is 0.650. The van der Waals surface area contributed by atoms with Gasteiger partial charge in [0.25, 0.3) is 5.56 Å². The van der Waals surface area contributed by atoms with Gasteiger partial charge in [-0.15, -0.1) is 0 Å². The quantitative estimate of drug-likeness (QED) is 0.121. The van der Waals surface area contributed by atoms with Crippen molar-refractivity contribution in [3.63, 3.8) is 0 Å². The summed E-state index contributed by atoms with van der Waals surface area (Å²) in [6.07, 6.45) is -3.45. The Bertz CT molecular complexity index is 1170. The third kappa shape index (κ3) is 7.83. The van der Waals surface area contributed by atoms with Crippen LogP contribution in [0.3, 0.4) is 0 Å². The Hall–Kier alpha value is -2.34. The van der Waals surface area contributed by atoms with Gasteiger partial charge >= 0.3 is 12.1 Å². The first kappa shape index (κ1) is 29.2. The van der Waals surface area contributed by atoms with Crippen molar-refractivity contribution in [2.75, 3.05) is 33.2 Å². The van der Waals surface area contributed by atoms with Crippen LogP contribution in [0.25, 0.3) is 11.2 Å². The summed E-state index contributed by atoms with van der Waals surface area (Å²) in [5.41, 5.74) is -0.0738. The highest BCUT2D eigenvalue weighted by Gasteiger charge is 2.40. The lowest BCUT2D eigenvalue weighted by atomic mass is 10.2. The van der Waals surface area contributed by atoms with Crippen LogP contribution >= 0.6 is 21.6 Å². The van der Waals surface area contributed by atoms with E-state index in [4.69, 9.17) is 9.47 Å². The number of aliphatic hydroxyl groups is 1. The van der Waals surface area contributed by atoms with E-state index in [2.05, 4.69) is 19.9 Å². The van der Waals surface area contributed by atoms with Gasteiger partial charge in [-0.1, -0.05) is 21.6 Å². The third-order valence-electron chi connectivity index (χ3n) is 5.05. The van der Waals surface area contributed by atoms with Crippen LogP contribution < -0.4 is 10.9 Å². The minimum atomic E-state index is -4.93. The van der Waals surface area contributed by atoms with Crippen molar-refractivity contribution in [2.24, 2.45) is 4.99 Å². The number of hydrogen-bond donors (Lipinski definition) is 3. The number of fused-ring (bicyclic) bond motifs is 1. The number of alkyl halides is 3. The average Bonchev–Trinajstić information content (AvgIpc) is 3.42. The smallest absolute Gasteiger partial charge is 0.394 e. The van der Waals surface area contributed by atoms with Gasteiger partial charge in [0, 0.05) is 31.8 Å². The summed E-state index contributed by atoms with van der Waals surface area (Å²) < 4.78 is 49.8. The molecule has 0 aliphatic carbocycles. The molecular formula is C20H28F3N7O5S2. The molecule has 0 bridgehead atoms. The number of aliphatic hydroxyl groups excluding tert-OH is 1. The predicted molar refractivity (Wildman–Crippen MR) is 134 cm³/mol. The van der Waals surface area contributed by atoms with E-state index in [1.54, 1.807) is 37.4 Å². The van der Waals surface area contributed by atoms with E-state index >= 15 is 0 Å². The zero-order valence-electron chi connectivity index (χ0n) is 20.5. The predicted octanol–water partition coefficient (Wildman–Crippen LogP) is 1.80. The summed E-state index contributed by atoms with van der Waals surface area (Å²) in [4.78, 5) is 40.3. The summed E-state index contributed by atoms with van der Waals surface area (Å²) in [7, 11) is 6.07. The number of carbonyl (C=O) groups is 1. The number of aromatic amines is 1. The SMILES string of the molecule is CN(C)C=Nc1nc2c(ncn2[C@H]2C[C@@H](OCSSC(C)(C)CNC(=O)C(F)(F)F)[C@@H](CO)O2)c(=O)[nH]1. The zero-order chi connectivity index (χ0) is 27.4. The molecule has 12 nitrogen and oxygen atoms in total. The Kier molecular flexibility index (Phi) is 9.49. The average molecular weight is 568 g/mol. The lowest BCUT2D eigenvalue weighted by molar-refractivity contribution is -0.173. The van der Waals surface area contributed by atoms with Crippen LogP contribution in [-0.4, -0.2) is 98.1 Å². The van der Waals surface area contributed by atoms with Crippen molar-refractivity contribution in [3.8, 4) is 0 Å². The summed E-state index contributed by atoms with van der Waals surface area (Å²) >= 11 is 0. The maximum atomic E-state index is 12.4. The Balaban J connectivity index is 1.59. The molecule has 2 aromatic heterocycles. The van der Waals surface area contributed by atoms with Gasteiger partial charge in [0.05, 0.1) is 25.4 Å². The summed E-state index contributed by atoms with van der Waals surface area (Å²) in [5, 5.41) is 11.7. The Morgan fingerprint density at radius 3 is 2.84 bits per heavy atom. The Labute approximate surface area is 217 Å². The highest BCUT2D eigenvalue weighted by atomic mass is 33.1. The van der Waals surface area contributed by atoms with Crippen LogP contribution in [0.4, 0.5) is 19.1 Å². The first-order chi connectivity index (χ1) is 17.3. The number of amides is 1. The first-order valence-corrected chi connectivity index (χ1v) is 13.3. The summed E-state index contributed by atoms with van der Waals surface area (Å²) in [6, 6.07) is 0. The molecule has 0 spiro atoms. The highest BCUT2D eigenvalue weighted by Crippen LogP contribution is 2.38. The molecule has 1 aliphatic rings. The van der Waals surface area contributed by atoms with Gasteiger partial charge in [-0.3, -0.25) is 19.1 Å². The second-order valence-corrected chi connectivity index (χ2v) is 11.9. The molecule has 2 aromatic rings. The molecule has 0 radical (unpaired) electrons. The molecule has 0 unspecified atom stereocenters. The molecule has 1 aliphatic heterocycles. The molecule has 1 fully saturated rings. The van der Waals surface area contributed by atoms with Crippen molar-refractivity contribution < 1.29 is 32.5 Å². The van der Waals surface area contributed by atoms with Gasteiger partial charge in [0.15, 0.2) is 11.2 Å². The monoisotopic (exact) mass is 567 g/mol. The van der Waals surface area contributed by atoms with Crippen molar-refractivity contribution in [2.45, 2.75) is 49.6 Å². The number of aromatic nitrogens is 4. The molecule has 0 aromatic carbocycles. The number of hydrogen-bond acceptors (Lipinski definition) is 10. The number of aliphatic imine (C=N–C) groups is 1. The maximum Gasteiger partial charge on any atom is 0.471 e. The fourth-order valence-corrected chi connectivity index (χ4v) is 5.46. The van der Waals surface area contributed by atoms with Crippen molar-refractivity contribution in [1.82, 2.24) is 29.7 Å². The molecule has 17 heteroatoms. The number of nitrogens with zero attached hydrogens (tertiary/aromatic N) is 5. The van der Waals surface area contributed by atoms with Gasteiger partial charge in [-0.2, -0.15) is 18.2 Å². The molecule has 0 saturated carbocycles. The van der Waals surface area contributed by atoms with Gasteiger partial charge < -0.3 is 24.8 Å². The van der Waals surface area contributed by atoms with E-state index in [0.29, 0.717) is 6.42 Å². The maximum absolute atomic E-state index is 12.4. The van der Waals surface area contributed by atoms with Crippen molar-refractivity contribution >= 4 is 50.9 Å². The summed E-state index contributed by atoms with van der Waals surface area (Å²) in [6.45, 7) is 2.90. The van der Waals surface area contributed by atoms with Gasteiger partial charge in [-0.05, 0) is 13.8 Å². The normalized spacial score (nSPS) is 20.7. The van der Waals surface area contributed by atoms with Crippen molar-refractivity contribution in [1.29, 1.82) is 0 Å². The number of carbonyl (C=O) groups excluding carboxylic acids is 1. The molecule has 1 saturated heterocycles. The lowest BCUT2D eigenvalue weighted by Crippen LogP contribution is -2.42. The Morgan fingerprint density at radius 2 is 2.19 bits per heavy atom. The van der Waals surface area contributed by atoms with E-state index in [1.807, 2.05) is 5.32 Å². The molecule has 37 heavy (non-hydrogen) atoms. The highest BCUT2D eigenvalue weighted by molar-refractivity contribution is 8.77. The number of H-pyrrole nitrogens is 1. The van der Waals surface area contributed by atoms with E-state index in [0.717, 1.165) is 0 Å².